The number of carbonyl (C=O) groups excluding carboxylic acids is 2. The normalized spacial score (nSPS) is 25.9. The summed E-state index contributed by atoms with van der Waals surface area (Å²) >= 11 is 0. The highest BCUT2D eigenvalue weighted by atomic mass is 16.5. The van der Waals surface area contributed by atoms with Crippen LogP contribution in [0.4, 0.5) is 5.82 Å². The summed E-state index contributed by atoms with van der Waals surface area (Å²) in [7, 11) is 1.46. The Bertz CT molecular complexity index is 1620. The summed E-state index contributed by atoms with van der Waals surface area (Å²) in [5.41, 5.74) is 8.86. The molecule has 0 amide bonds. The number of hydrogen-bond acceptors (Lipinski definition) is 8. The van der Waals surface area contributed by atoms with E-state index in [0.29, 0.717) is 34.8 Å². The number of hydrogen-bond donors (Lipinski definition) is 4. The second kappa shape index (κ2) is 14.0. The summed E-state index contributed by atoms with van der Waals surface area (Å²) in [5, 5.41) is 33.3. The van der Waals surface area contributed by atoms with E-state index in [1.165, 1.54) is 32.8 Å². The lowest BCUT2D eigenvalue weighted by Crippen LogP contribution is -2.37. The number of nitrogen functional groups attached to an aromatic ring is 1. The van der Waals surface area contributed by atoms with Crippen LogP contribution in [-0.2, 0) is 22.4 Å². The summed E-state index contributed by atoms with van der Waals surface area (Å²) in [4.78, 5) is 34.9. The van der Waals surface area contributed by atoms with Gasteiger partial charge in [-0.15, -0.1) is 0 Å². The van der Waals surface area contributed by atoms with Crippen LogP contribution in [0.1, 0.15) is 91.7 Å². The number of fused-ring (bicyclic) bond motifs is 2. The number of aliphatic hydroxyl groups excluding tert-OH is 2. The molecule has 2 heterocycles. The number of phenolic OH excluding ortho intramolecular Hbond substituents is 1. The van der Waals surface area contributed by atoms with Gasteiger partial charge in [-0.1, -0.05) is 56.0 Å². The van der Waals surface area contributed by atoms with Crippen molar-refractivity contribution in [1.29, 1.82) is 0 Å². The van der Waals surface area contributed by atoms with Crippen LogP contribution < -0.4 is 15.5 Å². The zero-order valence-electron chi connectivity index (χ0n) is 27.1. The van der Waals surface area contributed by atoms with Crippen molar-refractivity contribution in [3.63, 3.8) is 0 Å². The van der Waals surface area contributed by atoms with Crippen LogP contribution in [0.2, 0.25) is 0 Å². The molecule has 9 heteroatoms. The number of nitrogens with two attached hydrogens (primary N) is 1. The third-order valence-corrected chi connectivity index (χ3v) is 11.0. The number of phenols is 1. The van der Waals surface area contributed by atoms with E-state index in [9.17, 15) is 24.9 Å². The quantitative estimate of drug-likeness (QED) is 0.197. The van der Waals surface area contributed by atoms with Crippen molar-refractivity contribution in [2.45, 2.75) is 82.7 Å². The first-order valence-corrected chi connectivity index (χ1v) is 17.0. The number of pyridine rings is 1. The molecule has 0 aliphatic heterocycles. The molecule has 5 N–H and O–H groups in total. The van der Waals surface area contributed by atoms with Gasteiger partial charge >= 0.3 is 0 Å². The molecule has 0 radical (unpaired) electrons. The highest BCUT2D eigenvalue weighted by Crippen LogP contribution is 2.53. The molecule has 6 rings (SSSR count). The number of aromatic nitrogens is 2. The number of aromatic hydroxyl groups is 1. The van der Waals surface area contributed by atoms with E-state index in [1.54, 1.807) is 18.5 Å². The summed E-state index contributed by atoms with van der Waals surface area (Å²) < 4.78 is 5.58. The lowest BCUT2D eigenvalue weighted by atomic mass is 9.63. The predicted molar refractivity (Wildman–Crippen MR) is 179 cm³/mol. The third kappa shape index (κ3) is 6.74. The molecule has 250 valence electrons. The highest BCUT2D eigenvalue weighted by Gasteiger charge is 2.43. The van der Waals surface area contributed by atoms with Crippen LogP contribution in [0.3, 0.4) is 0 Å². The molecule has 0 spiro atoms. The maximum absolute atomic E-state index is 13.1. The van der Waals surface area contributed by atoms with Crippen LogP contribution in [-0.4, -0.2) is 51.7 Å². The largest absolute Gasteiger partial charge is 0.668 e. The number of benzene rings is 1. The Morgan fingerprint density at radius 1 is 1.11 bits per heavy atom. The lowest BCUT2D eigenvalue weighted by molar-refractivity contribution is -0.139. The molecule has 1 aromatic carbocycles. The van der Waals surface area contributed by atoms with Crippen molar-refractivity contribution < 1.29 is 29.6 Å². The molecule has 0 saturated heterocycles. The number of aliphatic hydroxyl groups is 2. The number of Topliss-reactive ketones (excluding diaryl/α,β-unsaturated/α-hetero) is 2. The summed E-state index contributed by atoms with van der Waals surface area (Å²) in [5.74, 6) is 0.695. The Balaban J connectivity index is 1.23. The number of nitrogens with zero attached hydrogens (tertiary/aromatic N) is 2. The molecule has 6 unspecified atom stereocenters. The van der Waals surface area contributed by atoms with Gasteiger partial charge in [0.2, 0.25) is 0 Å². The van der Waals surface area contributed by atoms with E-state index in [1.807, 2.05) is 36.4 Å². The fourth-order valence-electron chi connectivity index (χ4n) is 8.55. The molecule has 2 saturated carbocycles. The SMILES string of the molecule is COc1cc(CCC(=O)C(O)C(=O)CC2CCC3CCCCC3C2)cc(C2c3ccnc(N)c3C=CC2(CO)Cc2ccc[n-]2)c1O. The summed E-state index contributed by atoms with van der Waals surface area (Å²) in [6.07, 6.45) is 14.5. The monoisotopic (exact) mass is 640 g/mol. The smallest absolute Gasteiger partial charge is 0.170 e. The number of ether oxygens (including phenoxy) is 1. The molecular weight excluding hydrogens is 594 g/mol. The molecule has 47 heavy (non-hydrogen) atoms. The van der Waals surface area contributed by atoms with Crippen LogP contribution in [0.15, 0.2) is 48.8 Å². The van der Waals surface area contributed by atoms with Crippen molar-refractivity contribution in [2.75, 3.05) is 19.5 Å². The number of aryl methyl sites for hydroxylation is 1. The van der Waals surface area contributed by atoms with Crippen molar-refractivity contribution in [3.05, 3.63) is 76.7 Å². The van der Waals surface area contributed by atoms with Crippen LogP contribution in [0, 0.1) is 23.2 Å². The average molecular weight is 641 g/mol. The molecule has 6 atom stereocenters. The minimum atomic E-state index is -1.64. The molecule has 2 aromatic heterocycles. The topological polar surface area (TPSA) is 157 Å². The number of anilines is 1. The average Bonchev–Trinajstić information content (AvgIpc) is 3.60. The number of methoxy groups -OCH3 is 1. The fraction of sp³-hybridized carbons (Fsp3) is 0.500. The molecule has 3 aliphatic carbocycles. The van der Waals surface area contributed by atoms with Crippen LogP contribution in [0.25, 0.3) is 6.08 Å². The van der Waals surface area contributed by atoms with Crippen molar-refractivity contribution in [1.82, 2.24) is 9.97 Å². The Labute approximate surface area is 276 Å². The number of ketones is 2. The maximum atomic E-state index is 13.1. The third-order valence-electron chi connectivity index (χ3n) is 11.0. The van der Waals surface area contributed by atoms with E-state index < -0.39 is 23.2 Å². The van der Waals surface area contributed by atoms with Gasteiger partial charge in [0.25, 0.3) is 0 Å². The summed E-state index contributed by atoms with van der Waals surface area (Å²) in [6.45, 7) is -0.246. The van der Waals surface area contributed by atoms with E-state index >= 15 is 0 Å². The molecule has 3 aliphatic rings. The van der Waals surface area contributed by atoms with Crippen LogP contribution >= 0.6 is 0 Å². The second-order valence-corrected chi connectivity index (χ2v) is 13.9. The Morgan fingerprint density at radius 3 is 2.66 bits per heavy atom. The van der Waals surface area contributed by atoms with Crippen LogP contribution in [0.5, 0.6) is 11.5 Å². The van der Waals surface area contributed by atoms with Gasteiger partial charge in [-0.25, -0.2) is 4.98 Å². The molecule has 9 nitrogen and oxygen atoms in total. The van der Waals surface area contributed by atoms with Crippen molar-refractivity contribution >= 4 is 23.5 Å². The second-order valence-electron chi connectivity index (χ2n) is 13.9. The minimum Gasteiger partial charge on any atom is -0.668 e. The first-order chi connectivity index (χ1) is 22.7. The van der Waals surface area contributed by atoms with E-state index in [2.05, 4.69) is 9.97 Å². The van der Waals surface area contributed by atoms with Gasteiger partial charge in [0.1, 0.15) is 5.82 Å². The molecule has 0 bridgehead atoms. The van der Waals surface area contributed by atoms with E-state index in [0.717, 1.165) is 36.4 Å². The maximum Gasteiger partial charge on any atom is 0.170 e. The van der Waals surface area contributed by atoms with Crippen molar-refractivity contribution in [3.8, 4) is 11.5 Å². The Morgan fingerprint density at radius 2 is 1.91 bits per heavy atom. The van der Waals surface area contributed by atoms with Crippen molar-refractivity contribution in [2.24, 2.45) is 23.2 Å². The van der Waals surface area contributed by atoms with Gasteiger partial charge in [0.05, 0.1) is 13.7 Å². The summed E-state index contributed by atoms with van der Waals surface area (Å²) in [6, 6.07) is 9.07. The highest BCUT2D eigenvalue weighted by molar-refractivity contribution is 6.05. The van der Waals surface area contributed by atoms with Gasteiger partial charge in [-0.05, 0) is 73.1 Å². The van der Waals surface area contributed by atoms with E-state index in [-0.39, 0.29) is 49.1 Å². The zero-order chi connectivity index (χ0) is 33.1. The molecular formula is C38H46N3O6-. The lowest BCUT2D eigenvalue weighted by Gasteiger charge is -2.42. The van der Waals surface area contributed by atoms with Gasteiger partial charge in [-0.2, -0.15) is 11.9 Å². The predicted octanol–water partition coefficient (Wildman–Crippen LogP) is 5.14. The standard InChI is InChI=1S/C38H46N3O6/c1-47-33-20-24(9-11-31(43)36(46)32(44)19-23-8-10-25-5-2-3-6-26(25)17-23)18-30(35(33)45)34-28-13-16-41-37(39)29(28)12-14-38(34,22-42)21-27-7-4-15-40-27/h4,7,12-16,18,20,23,25-26,34,36,42,45-46H,2-3,5-6,8-11,17,19,21-22H2,1H3,(H2,39,41)/q-1. The number of carbonyl (C=O) groups is 2. The Hall–Kier alpha value is -3.95. The molecule has 3 aromatic rings. The number of rotatable bonds is 12. The van der Waals surface area contributed by atoms with E-state index in [4.69, 9.17) is 10.5 Å². The van der Waals surface area contributed by atoms with Gasteiger partial charge in [0, 0.05) is 41.5 Å². The molecule has 2 fully saturated rings. The van der Waals surface area contributed by atoms with Gasteiger partial charge < -0.3 is 30.8 Å². The van der Waals surface area contributed by atoms with Gasteiger partial charge in [-0.3, -0.25) is 9.59 Å². The minimum absolute atomic E-state index is 0.0454. The first-order valence-electron chi connectivity index (χ1n) is 17.0. The van der Waals surface area contributed by atoms with Gasteiger partial charge in [0.15, 0.2) is 29.2 Å². The zero-order valence-corrected chi connectivity index (χ0v) is 27.1. The Kier molecular flexibility index (Phi) is 9.85. The first kappa shape index (κ1) is 33.0. The fourth-order valence-corrected chi connectivity index (χ4v) is 8.55.